The molecule has 0 saturated carbocycles. The Morgan fingerprint density at radius 2 is 1.82 bits per heavy atom. The molecule has 4 N–H and O–H groups in total. The summed E-state index contributed by atoms with van der Waals surface area (Å²) in [5.41, 5.74) is 10.5. The van der Waals surface area contributed by atoms with E-state index in [1.165, 1.54) is 6.08 Å². The van der Waals surface area contributed by atoms with Crippen LogP contribution in [0.5, 0.6) is 0 Å². The van der Waals surface area contributed by atoms with Crippen LogP contribution >= 0.6 is 0 Å². The van der Waals surface area contributed by atoms with Crippen molar-refractivity contribution in [3.05, 3.63) is 67.0 Å². The molecule has 1 aromatic carbocycles. The minimum absolute atomic E-state index is 0.224. The van der Waals surface area contributed by atoms with Crippen LogP contribution in [0, 0.1) is 0 Å². The number of fused-ring (bicyclic) bond motifs is 1. The Bertz CT molecular complexity index is 1480. The molecule has 0 bridgehead atoms. The maximum absolute atomic E-state index is 12.3. The van der Waals surface area contributed by atoms with Crippen LogP contribution in [-0.2, 0) is 9.53 Å². The second-order valence-corrected chi connectivity index (χ2v) is 9.34. The van der Waals surface area contributed by atoms with Crippen molar-refractivity contribution in [2.24, 2.45) is 0 Å². The lowest BCUT2D eigenvalue weighted by Crippen LogP contribution is -2.36. The van der Waals surface area contributed by atoms with E-state index >= 15 is 0 Å². The van der Waals surface area contributed by atoms with Gasteiger partial charge in [0.25, 0.3) is 0 Å². The summed E-state index contributed by atoms with van der Waals surface area (Å²) in [7, 11) is 3.88. The van der Waals surface area contributed by atoms with E-state index in [2.05, 4.69) is 42.6 Å². The van der Waals surface area contributed by atoms with Gasteiger partial charge in [-0.25, -0.2) is 4.98 Å². The number of hydrogen-bond acceptors (Lipinski definition) is 10. The largest absolute Gasteiger partial charge is 0.383 e. The van der Waals surface area contributed by atoms with Crippen molar-refractivity contribution in [1.29, 1.82) is 0 Å². The standard InChI is InChI=1S/C28H31N9O2/c1-36(2)13-3-4-24(38)32-20-9-11-30-23(18-20)26-25-22(10-12-31-26)27(29)35-28(34-25)33-19-5-7-21(8-6-19)37-14-16-39-17-15-37/h3-12,18H,13-17H2,1-2H3,(H,30,32,38)(H3,29,33,34,35). The molecular formula is C28H31N9O2. The van der Waals surface area contributed by atoms with Gasteiger partial charge in [0.15, 0.2) is 0 Å². The van der Waals surface area contributed by atoms with E-state index in [1.807, 2.05) is 31.1 Å². The number of hydrogen-bond donors (Lipinski definition) is 3. The van der Waals surface area contributed by atoms with Crippen molar-refractivity contribution in [2.75, 3.05) is 68.2 Å². The Hall–Kier alpha value is -4.61. The summed E-state index contributed by atoms with van der Waals surface area (Å²) in [5, 5.41) is 6.78. The number of morpholine rings is 1. The van der Waals surface area contributed by atoms with Crippen molar-refractivity contribution in [3.63, 3.8) is 0 Å². The molecule has 5 rings (SSSR count). The summed E-state index contributed by atoms with van der Waals surface area (Å²) in [6.45, 7) is 3.89. The van der Waals surface area contributed by atoms with Gasteiger partial charge in [-0.3, -0.25) is 14.8 Å². The smallest absolute Gasteiger partial charge is 0.248 e. The first-order valence-corrected chi connectivity index (χ1v) is 12.7. The number of anilines is 5. The van der Waals surface area contributed by atoms with Gasteiger partial charge < -0.3 is 30.9 Å². The van der Waals surface area contributed by atoms with E-state index in [1.54, 1.807) is 36.7 Å². The number of benzene rings is 1. The van der Waals surface area contributed by atoms with Crippen LogP contribution in [0.3, 0.4) is 0 Å². The fourth-order valence-electron chi connectivity index (χ4n) is 4.22. The Morgan fingerprint density at radius 1 is 1.05 bits per heavy atom. The van der Waals surface area contributed by atoms with Gasteiger partial charge >= 0.3 is 0 Å². The number of nitrogens with one attached hydrogen (secondary N) is 2. The predicted octanol–water partition coefficient (Wildman–Crippen LogP) is 3.31. The molecule has 0 spiro atoms. The molecule has 1 fully saturated rings. The average molecular weight is 526 g/mol. The van der Waals surface area contributed by atoms with Crippen molar-refractivity contribution in [3.8, 4) is 11.4 Å². The summed E-state index contributed by atoms with van der Waals surface area (Å²) in [4.78, 5) is 34.8. The van der Waals surface area contributed by atoms with Gasteiger partial charge in [-0.1, -0.05) is 6.08 Å². The first-order valence-electron chi connectivity index (χ1n) is 12.7. The Labute approximate surface area is 226 Å². The Kier molecular flexibility index (Phi) is 7.90. The van der Waals surface area contributed by atoms with E-state index in [0.717, 1.165) is 37.7 Å². The molecule has 3 aromatic heterocycles. The second-order valence-electron chi connectivity index (χ2n) is 9.34. The lowest BCUT2D eigenvalue weighted by atomic mass is 10.1. The number of carbonyl (C=O) groups is 1. The molecule has 4 aromatic rings. The third-order valence-corrected chi connectivity index (χ3v) is 6.15. The van der Waals surface area contributed by atoms with E-state index < -0.39 is 0 Å². The number of carbonyl (C=O) groups excluding carboxylic acids is 1. The molecule has 0 radical (unpaired) electrons. The van der Waals surface area contributed by atoms with Gasteiger partial charge in [0.1, 0.15) is 17.0 Å². The summed E-state index contributed by atoms with van der Waals surface area (Å²) in [6, 6.07) is 13.3. The molecule has 200 valence electrons. The minimum Gasteiger partial charge on any atom is -0.383 e. The van der Waals surface area contributed by atoms with Crippen LogP contribution in [0.4, 0.5) is 28.8 Å². The molecule has 0 unspecified atom stereocenters. The van der Waals surface area contributed by atoms with Crippen LogP contribution in [0.25, 0.3) is 22.3 Å². The fourth-order valence-corrected chi connectivity index (χ4v) is 4.22. The number of ether oxygens (including phenoxy) is 1. The highest BCUT2D eigenvalue weighted by Gasteiger charge is 2.15. The van der Waals surface area contributed by atoms with E-state index in [9.17, 15) is 4.79 Å². The number of amides is 1. The topological polar surface area (TPSA) is 134 Å². The van der Waals surface area contributed by atoms with E-state index in [0.29, 0.717) is 46.3 Å². The molecule has 0 atom stereocenters. The highest BCUT2D eigenvalue weighted by Crippen LogP contribution is 2.29. The molecular weight excluding hydrogens is 494 g/mol. The van der Waals surface area contributed by atoms with Crippen LogP contribution in [0.1, 0.15) is 0 Å². The highest BCUT2D eigenvalue weighted by atomic mass is 16.5. The molecule has 1 aliphatic heterocycles. The number of likely N-dealkylation sites (N-methyl/N-ethyl adjacent to an activating group) is 1. The number of aromatic nitrogens is 4. The number of nitrogen functional groups attached to an aromatic ring is 1. The molecule has 0 aliphatic carbocycles. The normalized spacial score (nSPS) is 13.8. The van der Waals surface area contributed by atoms with Crippen molar-refractivity contribution < 1.29 is 9.53 Å². The number of rotatable bonds is 8. The van der Waals surface area contributed by atoms with Crippen LogP contribution in [0.15, 0.2) is 67.0 Å². The SMILES string of the molecule is CN(C)CC=CC(=O)Nc1ccnc(-c2nccc3c(N)nc(Nc4ccc(N5CCOCC5)cc4)nc23)c1. The van der Waals surface area contributed by atoms with E-state index in [4.69, 9.17) is 15.5 Å². The first-order chi connectivity index (χ1) is 19.0. The number of pyridine rings is 2. The summed E-state index contributed by atoms with van der Waals surface area (Å²) in [5.74, 6) is 0.452. The quantitative estimate of drug-likeness (QED) is 0.294. The zero-order valence-electron chi connectivity index (χ0n) is 22.0. The molecule has 1 aliphatic rings. The Balaban J connectivity index is 1.39. The second kappa shape index (κ2) is 11.8. The Morgan fingerprint density at radius 3 is 2.59 bits per heavy atom. The summed E-state index contributed by atoms with van der Waals surface area (Å²) in [6.07, 6.45) is 6.57. The maximum atomic E-state index is 12.3. The molecule has 39 heavy (non-hydrogen) atoms. The van der Waals surface area contributed by atoms with Crippen LogP contribution in [0.2, 0.25) is 0 Å². The van der Waals surface area contributed by atoms with Gasteiger partial charge in [0, 0.05) is 60.6 Å². The fraction of sp³-hybridized carbons (Fsp3) is 0.250. The minimum atomic E-state index is -0.224. The van der Waals surface area contributed by atoms with Crippen molar-refractivity contribution >= 4 is 45.6 Å². The van der Waals surface area contributed by atoms with Gasteiger partial charge in [-0.05, 0) is 56.6 Å². The zero-order valence-corrected chi connectivity index (χ0v) is 22.0. The molecule has 1 saturated heterocycles. The van der Waals surface area contributed by atoms with Crippen molar-refractivity contribution in [1.82, 2.24) is 24.8 Å². The van der Waals surface area contributed by atoms with Crippen LogP contribution < -0.4 is 21.3 Å². The molecule has 4 heterocycles. The monoisotopic (exact) mass is 525 g/mol. The van der Waals surface area contributed by atoms with Gasteiger partial charge in [0.2, 0.25) is 11.9 Å². The number of nitrogens with zero attached hydrogens (tertiary/aromatic N) is 6. The molecule has 11 heteroatoms. The first kappa shape index (κ1) is 26.0. The third-order valence-electron chi connectivity index (χ3n) is 6.15. The maximum Gasteiger partial charge on any atom is 0.248 e. The van der Waals surface area contributed by atoms with Crippen LogP contribution in [-0.4, -0.2) is 77.7 Å². The molecule has 11 nitrogen and oxygen atoms in total. The lowest BCUT2D eigenvalue weighted by molar-refractivity contribution is -0.111. The van der Waals surface area contributed by atoms with Gasteiger partial charge in [-0.15, -0.1) is 0 Å². The predicted molar refractivity (Wildman–Crippen MR) is 154 cm³/mol. The van der Waals surface area contributed by atoms with Crippen molar-refractivity contribution in [2.45, 2.75) is 0 Å². The van der Waals surface area contributed by atoms with E-state index in [-0.39, 0.29) is 5.91 Å². The summed E-state index contributed by atoms with van der Waals surface area (Å²) >= 11 is 0. The highest BCUT2D eigenvalue weighted by molar-refractivity contribution is 6.00. The molecule has 1 amide bonds. The van der Waals surface area contributed by atoms with Gasteiger partial charge in [-0.2, -0.15) is 4.98 Å². The summed E-state index contributed by atoms with van der Waals surface area (Å²) < 4.78 is 5.44. The third kappa shape index (κ3) is 6.46. The average Bonchev–Trinajstić information content (AvgIpc) is 2.94. The zero-order chi connectivity index (χ0) is 27.2. The number of nitrogens with two attached hydrogens (primary N) is 1. The van der Waals surface area contributed by atoms with Gasteiger partial charge in [0.05, 0.1) is 18.9 Å². The lowest BCUT2D eigenvalue weighted by Gasteiger charge is -2.28.